The van der Waals surface area contributed by atoms with Gasteiger partial charge in [-0.15, -0.1) is 0 Å². The largest absolute Gasteiger partial charge is 0.399 e. The summed E-state index contributed by atoms with van der Waals surface area (Å²) in [5.74, 6) is 0.820. The number of hydrogen-bond acceptors (Lipinski definition) is 3. The van der Waals surface area contributed by atoms with Gasteiger partial charge >= 0.3 is 0 Å². The van der Waals surface area contributed by atoms with Crippen molar-refractivity contribution in [1.29, 1.82) is 0 Å². The highest BCUT2D eigenvalue weighted by molar-refractivity contribution is 6.30. The number of imidazole rings is 1. The number of rotatable bonds is 3. The van der Waals surface area contributed by atoms with Crippen LogP contribution in [0.5, 0.6) is 0 Å². The van der Waals surface area contributed by atoms with Gasteiger partial charge in [-0.05, 0) is 35.9 Å². The van der Waals surface area contributed by atoms with Crippen molar-refractivity contribution >= 4 is 34.3 Å². The summed E-state index contributed by atoms with van der Waals surface area (Å²) < 4.78 is 2.02. The summed E-state index contributed by atoms with van der Waals surface area (Å²) in [7, 11) is 1.98. The second-order valence-electron chi connectivity index (χ2n) is 4.72. The standard InChI is InChI=1S/C15H15ClN4/c1-20-14-7-6-12(17)8-13(14)19-15(20)18-9-10-2-4-11(16)5-3-10/h2-8H,9,17H2,1H3,(H,18,19). The molecule has 0 unspecified atom stereocenters. The minimum Gasteiger partial charge on any atom is -0.399 e. The van der Waals surface area contributed by atoms with E-state index in [1.165, 1.54) is 0 Å². The molecular formula is C15H15ClN4. The molecule has 0 amide bonds. The molecular weight excluding hydrogens is 272 g/mol. The zero-order valence-electron chi connectivity index (χ0n) is 11.1. The Hall–Kier alpha value is -2.20. The van der Waals surface area contributed by atoms with Crippen molar-refractivity contribution in [2.75, 3.05) is 11.1 Å². The van der Waals surface area contributed by atoms with Gasteiger partial charge < -0.3 is 15.6 Å². The van der Waals surface area contributed by atoms with Gasteiger partial charge in [0.05, 0.1) is 11.0 Å². The third-order valence-electron chi connectivity index (χ3n) is 3.27. The fourth-order valence-electron chi connectivity index (χ4n) is 2.16. The second kappa shape index (κ2) is 5.06. The van der Waals surface area contributed by atoms with Gasteiger partial charge in [0.1, 0.15) is 0 Å². The normalized spacial score (nSPS) is 10.9. The molecule has 0 saturated carbocycles. The van der Waals surface area contributed by atoms with Gasteiger partial charge in [-0.25, -0.2) is 4.98 Å². The number of hydrogen-bond donors (Lipinski definition) is 2. The molecule has 2 aromatic carbocycles. The van der Waals surface area contributed by atoms with E-state index >= 15 is 0 Å². The van der Waals surface area contributed by atoms with E-state index in [4.69, 9.17) is 17.3 Å². The molecule has 0 aliphatic carbocycles. The highest BCUT2D eigenvalue weighted by Gasteiger charge is 2.07. The van der Waals surface area contributed by atoms with E-state index in [1.807, 2.05) is 54.1 Å². The van der Waals surface area contributed by atoms with Crippen LogP contribution in [0.3, 0.4) is 0 Å². The van der Waals surface area contributed by atoms with Crippen LogP contribution in [0.15, 0.2) is 42.5 Å². The predicted octanol–water partition coefficient (Wildman–Crippen LogP) is 3.42. The fourth-order valence-corrected chi connectivity index (χ4v) is 2.28. The van der Waals surface area contributed by atoms with Crippen LogP contribution in [0.1, 0.15) is 5.56 Å². The lowest BCUT2D eigenvalue weighted by molar-refractivity contribution is 0.927. The van der Waals surface area contributed by atoms with Crippen molar-refractivity contribution in [3.05, 3.63) is 53.1 Å². The second-order valence-corrected chi connectivity index (χ2v) is 5.16. The van der Waals surface area contributed by atoms with Gasteiger partial charge in [-0.3, -0.25) is 0 Å². The average Bonchev–Trinajstić information content (AvgIpc) is 2.74. The maximum atomic E-state index is 5.87. The van der Waals surface area contributed by atoms with Crippen molar-refractivity contribution < 1.29 is 0 Å². The van der Waals surface area contributed by atoms with Crippen molar-refractivity contribution in [1.82, 2.24) is 9.55 Å². The first-order valence-electron chi connectivity index (χ1n) is 6.34. The molecule has 0 fully saturated rings. The molecule has 0 spiro atoms. The van der Waals surface area contributed by atoms with Crippen molar-refractivity contribution in [3.8, 4) is 0 Å². The van der Waals surface area contributed by atoms with Gasteiger partial charge in [0.15, 0.2) is 0 Å². The lowest BCUT2D eigenvalue weighted by Crippen LogP contribution is -2.04. The summed E-state index contributed by atoms with van der Waals surface area (Å²) in [4.78, 5) is 4.55. The molecule has 3 rings (SSSR count). The number of aryl methyl sites for hydroxylation is 1. The number of nitrogens with one attached hydrogen (secondary N) is 1. The quantitative estimate of drug-likeness (QED) is 0.725. The highest BCUT2D eigenvalue weighted by Crippen LogP contribution is 2.21. The first kappa shape index (κ1) is 12.8. The molecule has 1 heterocycles. The minimum atomic E-state index is 0.698. The Morgan fingerprint density at radius 3 is 2.70 bits per heavy atom. The SMILES string of the molecule is Cn1c(NCc2ccc(Cl)cc2)nc2cc(N)ccc21. The number of anilines is 2. The summed E-state index contributed by atoms with van der Waals surface area (Å²) in [5.41, 5.74) is 9.60. The van der Waals surface area contributed by atoms with Gasteiger partial charge in [0, 0.05) is 24.3 Å². The molecule has 0 aliphatic heterocycles. The Morgan fingerprint density at radius 2 is 1.95 bits per heavy atom. The lowest BCUT2D eigenvalue weighted by Gasteiger charge is -2.06. The first-order chi connectivity index (χ1) is 9.63. The Bertz CT molecular complexity index is 746. The molecule has 0 atom stereocenters. The third kappa shape index (κ3) is 2.42. The molecule has 0 saturated heterocycles. The van der Waals surface area contributed by atoms with E-state index < -0.39 is 0 Å². The summed E-state index contributed by atoms with van der Waals surface area (Å²) in [6.07, 6.45) is 0. The van der Waals surface area contributed by atoms with E-state index in [9.17, 15) is 0 Å². The van der Waals surface area contributed by atoms with Crippen molar-refractivity contribution in [3.63, 3.8) is 0 Å². The van der Waals surface area contributed by atoms with Crippen LogP contribution in [0.4, 0.5) is 11.6 Å². The molecule has 20 heavy (non-hydrogen) atoms. The van der Waals surface area contributed by atoms with Gasteiger partial charge in [-0.2, -0.15) is 0 Å². The molecule has 0 aliphatic rings. The predicted molar refractivity (Wildman–Crippen MR) is 83.9 cm³/mol. The van der Waals surface area contributed by atoms with E-state index in [2.05, 4.69) is 10.3 Å². The molecule has 1 aromatic heterocycles. The van der Waals surface area contributed by atoms with Crippen LogP contribution < -0.4 is 11.1 Å². The monoisotopic (exact) mass is 286 g/mol. The number of halogens is 1. The number of nitrogens with zero attached hydrogens (tertiary/aromatic N) is 2. The van der Waals surface area contributed by atoms with E-state index in [0.717, 1.165) is 33.3 Å². The number of nitrogens with two attached hydrogens (primary N) is 1. The van der Waals surface area contributed by atoms with Crippen LogP contribution in [-0.2, 0) is 13.6 Å². The molecule has 3 N–H and O–H groups in total. The van der Waals surface area contributed by atoms with Crippen LogP contribution in [-0.4, -0.2) is 9.55 Å². The maximum absolute atomic E-state index is 5.87. The average molecular weight is 287 g/mol. The van der Waals surface area contributed by atoms with Crippen LogP contribution in [0.2, 0.25) is 5.02 Å². The lowest BCUT2D eigenvalue weighted by atomic mass is 10.2. The van der Waals surface area contributed by atoms with Crippen LogP contribution in [0.25, 0.3) is 11.0 Å². The first-order valence-corrected chi connectivity index (χ1v) is 6.71. The minimum absolute atomic E-state index is 0.698. The Morgan fingerprint density at radius 1 is 1.20 bits per heavy atom. The molecule has 0 bridgehead atoms. The zero-order valence-corrected chi connectivity index (χ0v) is 11.9. The highest BCUT2D eigenvalue weighted by atomic mass is 35.5. The number of fused-ring (bicyclic) bond motifs is 1. The van der Waals surface area contributed by atoms with Crippen LogP contribution in [0, 0.1) is 0 Å². The number of benzene rings is 2. The van der Waals surface area contributed by atoms with Gasteiger partial charge in [0.2, 0.25) is 5.95 Å². The van der Waals surface area contributed by atoms with E-state index in [0.29, 0.717) is 6.54 Å². The molecule has 3 aromatic rings. The molecule has 4 nitrogen and oxygen atoms in total. The smallest absolute Gasteiger partial charge is 0.203 e. The zero-order chi connectivity index (χ0) is 14.1. The Labute approximate surface area is 122 Å². The number of aromatic nitrogens is 2. The fraction of sp³-hybridized carbons (Fsp3) is 0.133. The Kier molecular flexibility index (Phi) is 3.24. The maximum Gasteiger partial charge on any atom is 0.203 e. The van der Waals surface area contributed by atoms with Crippen LogP contribution >= 0.6 is 11.6 Å². The van der Waals surface area contributed by atoms with E-state index in [-0.39, 0.29) is 0 Å². The summed E-state index contributed by atoms with van der Waals surface area (Å²) in [6.45, 7) is 0.698. The molecule has 5 heteroatoms. The Balaban J connectivity index is 1.84. The van der Waals surface area contributed by atoms with Crippen molar-refractivity contribution in [2.24, 2.45) is 7.05 Å². The topological polar surface area (TPSA) is 55.9 Å². The number of nitrogen functional groups attached to an aromatic ring is 1. The summed E-state index contributed by atoms with van der Waals surface area (Å²) >= 11 is 5.87. The molecule has 102 valence electrons. The third-order valence-corrected chi connectivity index (χ3v) is 3.52. The summed E-state index contributed by atoms with van der Waals surface area (Å²) in [5, 5.41) is 4.07. The van der Waals surface area contributed by atoms with Gasteiger partial charge in [-0.1, -0.05) is 23.7 Å². The summed E-state index contributed by atoms with van der Waals surface area (Å²) in [6, 6.07) is 13.5. The van der Waals surface area contributed by atoms with Gasteiger partial charge in [0.25, 0.3) is 0 Å². The van der Waals surface area contributed by atoms with Crippen molar-refractivity contribution in [2.45, 2.75) is 6.54 Å². The van der Waals surface area contributed by atoms with E-state index in [1.54, 1.807) is 0 Å². The molecule has 0 radical (unpaired) electrons.